The maximum Gasteiger partial charge on any atom is 0.369 e. The average molecular weight is 337 g/mol. The molecule has 0 saturated heterocycles. The lowest BCUT2D eigenvalue weighted by Gasteiger charge is -2.17. The summed E-state index contributed by atoms with van der Waals surface area (Å²) in [7, 11) is 1.58. The van der Waals surface area contributed by atoms with Gasteiger partial charge in [-0.25, -0.2) is 4.79 Å². The largest absolute Gasteiger partial charge is 0.507 e. The number of fused-ring (bicyclic) bond motifs is 1. The second kappa shape index (κ2) is 5.24. The Kier molecular flexibility index (Phi) is 3.65. The van der Waals surface area contributed by atoms with Crippen molar-refractivity contribution in [2.45, 2.75) is 30.6 Å². The summed E-state index contributed by atoms with van der Waals surface area (Å²) in [6, 6.07) is 3.30. The van der Waals surface area contributed by atoms with Gasteiger partial charge >= 0.3 is 5.97 Å². The van der Waals surface area contributed by atoms with E-state index in [1.807, 2.05) is 20.8 Å². The van der Waals surface area contributed by atoms with E-state index in [0.29, 0.717) is 21.9 Å². The van der Waals surface area contributed by atoms with Gasteiger partial charge in [0.15, 0.2) is 0 Å². The number of carbonyl (C=O) groups is 1. The van der Waals surface area contributed by atoms with E-state index in [1.165, 1.54) is 23.5 Å². The molecule has 0 atom stereocenters. The number of oxime groups is 1. The van der Waals surface area contributed by atoms with Gasteiger partial charge in [0.05, 0.1) is 21.1 Å². The molecular weight excluding hydrogens is 322 g/mol. The van der Waals surface area contributed by atoms with Crippen molar-refractivity contribution in [3.05, 3.63) is 21.9 Å². The van der Waals surface area contributed by atoms with Crippen LogP contribution in [0.4, 0.5) is 0 Å². The number of benzene rings is 1. The van der Waals surface area contributed by atoms with E-state index in [-0.39, 0.29) is 11.2 Å². The Morgan fingerprint density at radius 3 is 2.55 bits per heavy atom. The van der Waals surface area contributed by atoms with Gasteiger partial charge < -0.3 is 14.7 Å². The van der Waals surface area contributed by atoms with Gasteiger partial charge in [-0.15, -0.1) is 0 Å². The molecule has 1 N–H and O–H groups in total. The first kappa shape index (κ1) is 15.3. The van der Waals surface area contributed by atoms with Crippen LogP contribution in [0.1, 0.15) is 20.8 Å². The molecule has 2 aliphatic heterocycles. The number of nitrogens with zero attached hydrogens (tertiary/aromatic N) is 1. The van der Waals surface area contributed by atoms with Gasteiger partial charge in [0.2, 0.25) is 0 Å². The molecule has 0 aromatic heterocycles. The zero-order chi connectivity index (χ0) is 16.1. The van der Waals surface area contributed by atoms with Crippen molar-refractivity contribution >= 4 is 35.2 Å². The van der Waals surface area contributed by atoms with Crippen molar-refractivity contribution in [1.29, 1.82) is 0 Å². The summed E-state index contributed by atoms with van der Waals surface area (Å²) in [5.74, 6) is 0.386. The molecule has 5 nitrogen and oxygen atoms in total. The lowest BCUT2D eigenvalue weighted by molar-refractivity contribution is -0.136. The number of phenols is 1. The molecule has 2 aliphatic rings. The molecule has 0 unspecified atom stereocenters. The van der Waals surface area contributed by atoms with Crippen LogP contribution in [0.2, 0.25) is 0 Å². The van der Waals surface area contributed by atoms with Crippen molar-refractivity contribution in [3.8, 4) is 11.5 Å². The van der Waals surface area contributed by atoms with Crippen molar-refractivity contribution < 1.29 is 19.5 Å². The van der Waals surface area contributed by atoms with Gasteiger partial charge in [-0.3, -0.25) is 0 Å². The van der Waals surface area contributed by atoms with Crippen LogP contribution in [0.15, 0.2) is 36.9 Å². The first-order valence-corrected chi connectivity index (χ1v) is 8.26. The number of aromatic hydroxyl groups is 1. The summed E-state index contributed by atoms with van der Waals surface area (Å²) < 4.78 is 6.09. The third kappa shape index (κ3) is 2.38. The summed E-state index contributed by atoms with van der Waals surface area (Å²) in [5.41, 5.74) is 0.787. The summed E-state index contributed by atoms with van der Waals surface area (Å²) in [5, 5.41) is 14.0. The molecule has 0 radical (unpaired) electrons. The second-order valence-electron chi connectivity index (χ2n) is 5.88. The third-order valence-corrected chi connectivity index (χ3v) is 5.88. The maximum atomic E-state index is 12.1. The Morgan fingerprint density at radius 1 is 1.23 bits per heavy atom. The average Bonchev–Trinajstić information content (AvgIpc) is 3.02. The van der Waals surface area contributed by atoms with Gasteiger partial charge in [0, 0.05) is 5.41 Å². The minimum absolute atomic E-state index is 0.171. The molecule has 0 fully saturated rings. The second-order valence-corrected chi connectivity index (χ2v) is 8.18. The maximum absolute atomic E-state index is 12.1. The first-order chi connectivity index (χ1) is 10.3. The van der Waals surface area contributed by atoms with Gasteiger partial charge in [-0.1, -0.05) is 49.5 Å². The van der Waals surface area contributed by atoms with E-state index in [4.69, 9.17) is 9.57 Å². The van der Waals surface area contributed by atoms with Gasteiger partial charge in [0.1, 0.15) is 22.8 Å². The van der Waals surface area contributed by atoms with Crippen LogP contribution >= 0.6 is 23.5 Å². The molecule has 22 heavy (non-hydrogen) atoms. The van der Waals surface area contributed by atoms with Gasteiger partial charge in [0.25, 0.3) is 0 Å². The number of carbonyl (C=O) groups excluding carboxylic acids is 1. The highest BCUT2D eigenvalue weighted by Gasteiger charge is 2.39. The molecule has 0 saturated carbocycles. The predicted octanol–water partition coefficient (Wildman–Crippen LogP) is 3.77. The molecule has 0 bridgehead atoms. The van der Waals surface area contributed by atoms with E-state index in [1.54, 1.807) is 19.2 Å². The Bertz CT molecular complexity index is 732. The van der Waals surface area contributed by atoms with Crippen molar-refractivity contribution in [2.75, 3.05) is 7.11 Å². The molecule has 7 heteroatoms. The molecule has 1 aromatic rings. The van der Waals surface area contributed by atoms with Crippen molar-refractivity contribution in [1.82, 2.24) is 0 Å². The highest BCUT2D eigenvalue weighted by Crippen LogP contribution is 2.59. The van der Waals surface area contributed by atoms with E-state index >= 15 is 0 Å². The molecule has 0 amide bonds. The van der Waals surface area contributed by atoms with Crippen molar-refractivity contribution in [2.24, 2.45) is 10.6 Å². The Balaban J connectivity index is 2.10. The topological polar surface area (TPSA) is 68.1 Å². The van der Waals surface area contributed by atoms with Crippen LogP contribution in [-0.2, 0) is 9.63 Å². The minimum atomic E-state index is -0.453. The Morgan fingerprint density at radius 2 is 1.91 bits per heavy atom. The fourth-order valence-electron chi connectivity index (χ4n) is 2.17. The van der Waals surface area contributed by atoms with Gasteiger partial charge in [-0.2, -0.15) is 0 Å². The summed E-state index contributed by atoms with van der Waals surface area (Å²) in [6.45, 7) is 5.93. The number of methoxy groups -OCH3 is 1. The zero-order valence-corrected chi connectivity index (χ0v) is 14.2. The number of phenolic OH excluding ortho intramolecular Hbond substituents is 1. The van der Waals surface area contributed by atoms with Gasteiger partial charge in [-0.05, 0) is 12.1 Å². The monoisotopic (exact) mass is 337 g/mol. The van der Waals surface area contributed by atoms with Crippen LogP contribution in [-0.4, -0.2) is 23.9 Å². The smallest absolute Gasteiger partial charge is 0.369 e. The number of rotatable bonds is 1. The minimum Gasteiger partial charge on any atom is -0.507 e. The van der Waals surface area contributed by atoms with Crippen LogP contribution in [0.3, 0.4) is 0 Å². The molecule has 116 valence electrons. The molecule has 2 heterocycles. The third-order valence-electron chi connectivity index (χ3n) is 3.24. The molecule has 3 rings (SSSR count). The number of thioether (sulfide) groups is 2. The molecule has 0 spiro atoms. The number of hydrogen-bond donors (Lipinski definition) is 1. The quantitative estimate of drug-likeness (QED) is 0.621. The van der Waals surface area contributed by atoms with Crippen LogP contribution in [0.5, 0.6) is 11.5 Å². The fraction of sp³-hybridized carbons (Fsp3) is 0.333. The normalized spacial score (nSPS) is 20.7. The van der Waals surface area contributed by atoms with E-state index < -0.39 is 5.97 Å². The summed E-state index contributed by atoms with van der Waals surface area (Å²) >= 11 is 2.74. The first-order valence-electron chi connectivity index (χ1n) is 6.63. The molecule has 0 aliphatic carbocycles. The van der Waals surface area contributed by atoms with Crippen LogP contribution in [0.25, 0.3) is 0 Å². The predicted molar refractivity (Wildman–Crippen MR) is 86.4 cm³/mol. The van der Waals surface area contributed by atoms with E-state index in [2.05, 4.69) is 5.16 Å². The SMILES string of the molecule is COc1ccc(O)c2c1S/C(=C1/C(=O)ON=C1C(C)(C)C)S2. The lowest BCUT2D eigenvalue weighted by atomic mass is 9.86. The zero-order valence-electron chi connectivity index (χ0n) is 12.6. The summed E-state index contributed by atoms with van der Waals surface area (Å²) in [4.78, 5) is 18.5. The van der Waals surface area contributed by atoms with E-state index in [0.717, 1.165) is 9.13 Å². The lowest BCUT2D eigenvalue weighted by Crippen LogP contribution is -2.22. The molecule has 1 aromatic carbocycles. The van der Waals surface area contributed by atoms with E-state index in [9.17, 15) is 9.90 Å². The standard InChI is InChI=1S/C15H15NO4S2/c1-15(2,3)12-9(13(18)20-16-12)14-21-10-7(17)5-6-8(19-4)11(10)22-14/h5-6,17H,1-4H3/b14-9+. The highest BCUT2D eigenvalue weighted by molar-refractivity contribution is 8.25. The summed E-state index contributed by atoms with van der Waals surface area (Å²) in [6.07, 6.45) is 0. The highest BCUT2D eigenvalue weighted by atomic mass is 32.2. The number of ether oxygens (including phenoxy) is 1. The van der Waals surface area contributed by atoms with Crippen LogP contribution in [0, 0.1) is 5.41 Å². The Labute approximate surface area is 136 Å². The Hall–Kier alpha value is -1.60. The van der Waals surface area contributed by atoms with Crippen molar-refractivity contribution in [3.63, 3.8) is 0 Å². The fourth-order valence-corrected chi connectivity index (χ4v) is 4.83. The van der Waals surface area contributed by atoms with Crippen LogP contribution < -0.4 is 4.74 Å². The molecular formula is C15H15NO4S2. The number of hydrogen-bond acceptors (Lipinski definition) is 7.